The number of fused-ring (bicyclic) bond motifs is 1. The molecule has 1 aliphatic heterocycles. The minimum absolute atomic E-state index is 0.0227. The quantitative estimate of drug-likeness (QED) is 0.451. The van der Waals surface area contributed by atoms with E-state index >= 15 is 0 Å². The van der Waals surface area contributed by atoms with Crippen LogP contribution >= 0.6 is 0 Å². The van der Waals surface area contributed by atoms with Crippen LogP contribution in [-0.4, -0.2) is 30.5 Å². The Morgan fingerprint density at radius 1 is 0.971 bits per heavy atom. The summed E-state index contributed by atoms with van der Waals surface area (Å²) in [5, 5.41) is 0. The minimum atomic E-state index is -0.378. The summed E-state index contributed by atoms with van der Waals surface area (Å²) >= 11 is 0. The number of ether oxygens (including phenoxy) is 1. The average molecular weight is 458 g/mol. The Labute approximate surface area is 203 Å². The first-order chi connectivity index (χ1) is 16.3. The molecular formula is C30H35NO3. The number of carbonyl (C=O) groups is 2. The van der Waals surface area contributed by atoms with Gasteiger partial charge in [0, 0.05) is 35.9 Å². The van der Waals surface area contributed by atoms with E-state index in [4.69, 9.17) is 9.73 Å². The lowest BCUT2D eigenvalue weighted by Crippen LogP contribution is -2.44. The Morgan fingerprint density at radius 2 is 1.65 bits per heavy atom. The van der Waals surface area contributed by atoms with E-state index in [1.54, 1.807) is 0 Å². The summed E-state index contributed by atoms with van der Waals surface area (Å²) in [6, 6.07) is 18.6. The van der Waals surface area contributed by atoms with Crippen molar-refractivity contribution >= 4 is 17.3 Å². The molecule has 0 amide bonds. The maximum atomic E-state index is 13.5. The van der Waals surface area contributed by atoms with Gasteiger partial charge >= 0.3 is 0 Å². The highest BCUT2D eigenvalue weighted by molar-refractivity contribution is 6.13. The maximum Gasteiger partial charge on any atom is 0.186 e. The molecule has 1 fully saturated rings. The fourth-order valence-electron chi connectivity index (χ4n) is 5.40. The van der Waals surface area contributed by atoms with Gasteiger partial charge in [-0.05, 0) is 41.9 Å². The van der Waals surface area contributed by atoms with Gasteiger partial charge in [-0.3, -0.25) is 14.6 Å². The molecule has 0 bridgehead atoms. The largest absolute Gasteiger partial charge is 0.374 e. The lowest BCUT2D eigenvalue weighted by atomic mass is 9.63. The van der Waals surface area contributed by atoms with Gasteiger partial charge in [0.1, 0.15) is 12.4 Å². The molecular weight excluding hydrogens is 422 g/mol. The van der Waals surface area contributed by atoms with Crippen molar-refractivity contribution in [3.05, 3.63) is 71.4 Å². The molecule has 34 heavy (non-hydrogen) atoms. The van der Waals surface area contributed by atoms with Gasteiger partial charge in [-0.15, -0.1) is 0 Å². The molecule has 0 spiro atoms. The van der Waals surface area contributed by atoms with Crippen LogP contribution in [0.1, 0.15) is 64.9 Å². The second-order valence-electron chi connectivity index (χ2n) is 10.2. The zero-order chi connectivity index (χ0) is 24.3. The first-order valence-corrected chi connectivity index (χ1v) is 12.4. The van der Waals surface area contributed by atoms with E-state index in [-0.39, 0.29) is 35.4 Å². The second kappa shape index (κ2) is 10.2. The fourth-order valence-corrected chi connectivity index (χ4v) is 5.40. The number of rotatable bonds is 8. The SMILES string of the molecule is CCCC1=C(C(=O)COCC)C(c2ccc(-c3ccccc3)cc2)C2C(=O)CC(C)(C)CC2=N1. The van der Waals surface area contributed by atoms with Gasteiger partial charge in [0.05, 0.1) is 5.92 Å². The van der Waals surface area contributed by atoms with Gasteiger partial charge in [0.15, 0.2) is 5.78 Å². The number of Topliss-reactive ketones (excluding diaryl/α,β-unsaturated/α-hetero) is 2. The first-order valence-electron chi connectivity index (χ1n) is 12.4. The molecule has 2 aliphatic rings. The predicted molar refractivity (Wildman–Crippen MR) is 137 cm³/mol. The van der Waals surface area contributed by atoms with Gasteiger partial charge in [-0.1, -0.05) is 81.8 Å². The Balaban J connectivity index is 1.83. The summed E-state index contributed by atoms with van der Waals surface area (Å²) in [4.78, 5) is 32.0. The fraction of sp³-hybridized carbons (Fsp3) is 0.433. The van der Waals surface area contributed by atoms with Crippen molar-refractivity contribution < 1.29 is 14.3 Å². The van der Waals surface area contributed by atoms with Gasteiger partial charge in [-0.25, -0.2) is 0 Å². The van der Waals surface area contributed by atoms with Crippen molar-refractivity contribution in [2.24, 2.45) is 16.3 Å². The number of benzene rings is 2. The van der Waals surface area contributed by atoms with E-state index in [9.17, 15) is 9.59 Å². The maximum absolute atomic E-state index is 13.5. The smallest absolute Gasteiger partial charge is 0.186 e. The van der Waals surface area contributed by atoms with Crippen LogP contribution in [0, 0.1) is 11.3 Å². The van der Waals surface area contributed by atoms with E-state index < -0.39 is 0 Å². The van der Waals surface area contributed by atoms with Crippen LogP contribution in [0.25, 0.3) is 11.1 Å². The number of hydrogen-bond donors (Lipinski definition) is 0. The molecule has 1 saturated carbocycles. The minimum Gasteiger partial charge on any atom is -0.374 e. The third-order valence-corrected chi connectivity index (χ3v) is 6.85. The summed E-state index contributed by atoms with van der Waals surface area (Å²) in [5.41, 5.74) is 5.59. The molecule has 1 heterocycles. The Morgan fingerprint density at radius 3 is 2.29 bits per heavy atom. The molecule has 178 valence electrons. The molecule has 4 heteroatoms. The molecule has 1 aliphatic carbocycles. The Hall–Kier alpha value is -2.85. The third kappa shape index (κ3) is 4.97. The topological polar surface area (TPSA) is 55.7 Å². The Kier molecular flexibility index (Phi) is 7.27. The monoisotopic (exact) mass is 457 g/mol. The summed E-state index contributed by atoms with van der Waals surface area (Å²) in [7, 11) is 0. The lowest BCUT2D eigenvalue weighted by Gasteiger charge is -2.41. The number of ketones is 2. The predicted octanol–water partition coefficient (Wildman–Crippen LogP) is 6.56. The van der Waals surface area contributed by atoms with Gasteiger partial charge in [0.25, 0.3) is 0 Å². The van der Waals surface area contributed by atoms with Crippen LogP contribution in [0.4, 0.5) is 0 Å². The molecule has 2 aromatic carbocycles. The molecule has 4 rings (SSSR count). The van der Waals surface area contributed by atoms with Crippen LogP contribution in [0.2, 0.25) is 0 Å². The second-order valence-corrected chi connectivity index (χ2v) is 10.2. The van der Waals surface area contributed by atoms with E-state index in [0.29, 0.717) is 18.6 Å². The molecule has 0 N–H and O–H groups in total. The highest BCUT2D eigenvalue weighted by atomic mass is 16.5. The highest BCUT2D eigenvalue weighted by Crippen LogP contribution is 2.47. The van der Waals surface area contributed by atoms with Crippen LogP contribution in [0.3, 0.4) is 0 Å². The van der Waals surface area contributed by atoms with E-state index in [1.165, 1.54) is 0 Å². The molecule has 2 atom stereocenters. The number of nitrogens with zero attached hydrogens (tertiary/aromatic N) is 1. The van der Waals surface area contributed by atoms with Crippen LogP contribution < -0.4 is 0 Å². The molecule has 2 aromatic rings. The highest BCUT2D eigenvalue weighted by Gasteiger charge is 2.47. The van der Waals surface area contributed by atoms with Crippen molar-refractivity contribution in [2.45, 2.75) is 59.3 Å². The summed E-state index contributed by atoms with van der Waals surface area (Å²) in [6.45, 7) is 8.75. The van der Waals surface area contributed by atoms with Crippen molar-refractivity contribution in [3.8, 4) is 11.1 Å². The van der Waals surface area contributed by atoms with Gasteiger partial charge in [0.2, 0.25) is 0 Å². The van der Waals surface area contributed by atoms with Crippen molar-refractivity contribution in [1.29, 1.82) is 0 Å². The lowest BCUT2D eigenvalue weighted by molar-refractivity contribution is -0.124. The number of allylic oxidation sites excluding steroid dienone is 1. The summed E-state index contributed by atoms with van der Waals surface area (Å²) in [6.07, 6.45) is 2.89. The van der Waals surface area contributed by atoms with Gasteiger partial charge < -0.3 is 4.74 Å². The summed E-state index contributed by atoms with van der Waals surface area (Å²) < 4.78 is 5.52. The molecule has 2 unspecified atom stereocenters. The molecule has 0 saturated heterocycles. The zero-order valence-electron chi connectivity index (χ0n) is 20.8. The van der Waals surface area contributed by atoms with Crippen LogP contribution in [0.5, 0.6) is 0 Å². The third-order valence-electron chi connectivity index (χ3n) is 6.85. The van der Waals surface area contributed by atoms with Crippen LogP contribution in [0.15, 0.2) is 70.9 Å². The number of aliphatic imine (C=N–C) groups is 1. The number of carbonyl (C=O) groups excluding carboxylic acids is 2. The molecule has 0 radical (unpaired) electrons. The van der Waals surface area contributed by atoms with Crippen molar-refractivity contribution in [2.75, 3.05) is 13.2 Å². The van der Waals surface area contributed by atoms with E-state index in [1.807, 2.05) is 25.1 Å². The normalized spacial score (nSPS) is 21.8. The van der Waals surface area contributed by atoms with Crippen molar-refractivity contribution in [3.63, 3.8) is 0 Å². The zero-order valence-corrected chi connectivity index (χ0v) is 20.8. The Bertz CT molecular complexity index is 1110. The molecule has 0 aromatic heterocycles. The van der Waals surface area contributed by atoms with Gasteiger partial charge in [-0.2, -0.15) is 0 Å². The van der Waals surface area contributed by atoms with Crippen molar-refractivity contribution in [1.82, 2.24) is 0 Å². The molecule has 4 nitrogen and oxygen atoms in total. The standard InChI is InChI=1S/C30H35NO3/c1-5-10-23-28(26(33)19-34-6-2)27(29-24(31-23)17-30(3,4)18-25(29)32)22-15-13-21(14-16-22)20-11-8-7-9-12-20/h7-9,11-16,27,29H,5-6,10,17-19H2,1-4H3. The average Bonchev–Trinajstić information content (AvgIpc) is 2.82. The number of hydrogen-bond acceptors (Lipinski definition) is 4. The summed E-state index contributed by atoms with van der Waals surface area (Å²) in [5.74, 6) is -0.556. The first kappa shape index (κ1) is 24.3. The van der Waals surface area contributed by atoms with Crippen LogP contribution in [-0.2, 0) is 14.3 Å². The van der Waals surface area contributed by atoms with E-state index in [2.05, 4.69) is 57.2 Å². The van der Waals surface area contributed by atoms with E-state index in [0.717, 1.165) is 47.4 Å².